The average Bonchev–Trinajstić information content (AvgIpc) is 2.82. The van der Waals surface area contributed by atoms with Crippen LogP contribution in [0.3, 0.4) is 0 Å². The van der Waals surface area contributed by atoms with Crippen molar-refractivity contribution in [3.63, 3.8) is 0 Å². The zero-order chi connectivity index (χ0) is 23.3. The lowest BCUT2D eigenvalue weighted by Gasteiger charge is -2.32. The van der Waals surface area contributed by atoms with E-state index in [1.54, 1.807) is 24.4 Å². The van der Waals surface area contributed by atoms with Gasteiger partial charge in [-0.2, -0.15) is 0 Å². The van der Waals surface area contributed by atoms with Crippen LogP contribution in [0.25, 0.3) is 11.4 Å². The van der Waals surface area contributed by atoms with Crippen LogP contribution in [-0.4, -0.2) is 57.5 Å². The molecule has 33 heavy (non-hydrogen) atoms. The number of nitrogens with one attached hydrogen (secondary N) is 2. The summed E-state index contributed by atoms with van der Waals surface area (Å²) in [5, 5.41) is 5.21. The minimum Gasteiger partial charge on any atom is -0.488 e. The van der Waals surface area contributed by atoms with Crippen LogP contribution >= 0.6 is 0 Å². The van der Waals surface area contributed by atoms with Crippen LogP contribution in [0.4, 0.5) is 8.78 Å². The lowest BCUT2D eigenvalue weighted by Crippen LogP contribution is -2.57. The van der Waals surface area contributed by atoms with E-state index in [0.717, 1.165) is 0 Å². The third kappa shape index (κ3) is 5.37. The molecule has 1 aliphatic rings. The summed E-state index contributed by atoms with van der Waals surface area (Å²) in [5.41, 5.74) is 0.617. The van der Waals surface area contributed by atoms with E-state index in [-0.39, 0.29) is 25.1 Å². The molecular formula is C22H22F2N6O3. The number of carbonyl (C=O) groups excluding carboxylic acids is 1. The number of carbonyl (C=O) groups is 1. The maximum atomic E-state index is 14.0. The second-order valence-electron chi connectivity index (χ2n) is 7.29. The molecule has 1 fully saturated rings. The Labute approximate surface area is 188 Å². The van der Waals surface area contributed by atoms with Crippen molar-refractivity contribution in [3.8, 4) is 28.8 Å². The normalized spacial score (nSPS) is 17.2. The largest absolute Gasteiger partial charge is 0.488 e. The second-order valence-corrected chi connectivity index (χ2v) is 7.29. The maximum absolute atomic E-state index is 14.0. The number of piperidine rings is 1. The minimum atomic E-state index is -2.97. The highest BCUT2D eigenvalue weighted by Crippen LogP contribution is 2.30. The van der Waals surface area contributed by atoms with Crippen molar-refractivity contribution in [2.24, 2.45) is 0 Å². The van der Waals surface area contributed by atoms with E-state index in [1.807, 2.05) is 6.92 Å². The number of rotatable bonds is 7. The third-order valence-corrected chi connectivity index (χ3v) is 4.93. The number of pyridine rings is 2. The summed E-state index contributed by atoms with van der Waals surface area (Å²) in [6.07, 6.45) is 6.87. The molecule has 1 saturated heterocycles. The molecule has 0 spiro atoms. The second kappa shape index (κ2) is 9.82. The number of hydrogen-bond donors (Lipinski definition) is 2. The van der Waals surface area contributed by atoms with Crippen molar-refractivity contribution in [3.05, 3.63) is 54.7 Å². The van der Waals surface area contributed by atoms with E-state index in [0.29, 0.717) is 35.4 Å². The van der Waals surface area contributed by atoms with E-state index in [2.05, 4.69) is 30.6 Å². The summed E-state index contributed by atoms with van der Waals surface area (Å²) < 4.78 is 39.3. The van der Waals surface area contributed by atoms with Crippen molar-refractivity contribution >= 4 is 5.91 Å². The molecule has 2 N–H and O–H groups in total. The first-order valence-electron chi connectivity index (χ1n) is 10.4. The summed E-state index contributed by atoms with van der Waals surface area (Å²) >= 11 is 0. The molecule has 4 heterocycles. The van der Waals surface area contributed by atoms with Crippen molar-refractivity contribution in [2.45, 2.75) is 25.3 Å². The van der Waals surface area contributed by atoms with Crippen molar-refractivity contribution in [1.29, 1.82) is 0 Å². The number of nitrogens with zero attached hydrogens (tertiary/aromatic N) is 4. The molecule has 3 aromatic rings. The summed E-state index contributed by atoms with van der Waals surface area (Å²) in [6, 6.07) is 3.87. The van der Waals surface area contributed by atoms with E-state index in [1.165, 1.54) is 24.8 Å². The highest BCUT2D eigenvalue weighted by molar-refractivity contribution is 5.94. The van der Waals surface area contributed by atoms with Gasteiger partial charge in [0.05, 0.1) is 18.4 Å². The molecule has 11 heteroatoms. The first-order chi connectivity index (χ1) is 16.0. The lowest BCUT2D eigenvalue weighted by atomic mass is 10.0. The van der Waals surface area contributed by atoms with Gasteiger partial charge in [-0.15, -0.1) is 0 Å². The van der Waals surface area contributed by atoms with Gasteiger partial charge in [0.2, 0.25) is 0 Å². The van der Waals surface area contributed by atoms with Gasteiger partial charge in [0.1, 0.15) is 11.8 Å². The fourth-order valence-corrected chi connectivity index (χ4v) is 3.24. The zero-order valence-electron chi connectivity index (χ0n) is 17.8. The Hall–Kier alpha value is -3.73. The van der Waals surface area contributed by atoms with E-state index < -0.39 is 17.9 Å². The molecule has 0 bridgehead atoms. The summed E-state index contributed by atoms with van der Waals surface area (Å²) in [4.78, 5) is 29.1. The van der Waals surface area contributed by atoms with Gasteiger partial charge in [-0.05, 0) is 25.1 Å². The molecule has 0 aromatic carbocycles. The Bertz CT molecular complexity index is 1110. The molecule has 0 saturated carbocycles. The molecule has 0 radical (unpaired) electrons. The predicted molar refractivity (Wildman–Crippen MR) is 114 cm³/mol. The molecular weight excluding hydrogens is 434 g/mol. The van der Waals surface area contributed by atoms with Crippen LogP contribution in [0.15, 0.2) is 49.2 Å². The third-order valence-electron chi connectivity index (χ3n) is 4.93. The first kappa shape index (κ1) is 22.5. The molecule has 1 aliphatic heterocycles. The van der Waals surface area contributed by atoms with Gasteiger partial charge in [0.15, 0.2) is 11.6 Å². The van der Waals surface area contributed by atoms with Gasteiger partial charge in [-0.1, -0.05) is 0 Å². The van der Waals surface area contributed by atoms with E-state index >= 15 is 0 Å². The predicted octanol–water partition coefficient (Wildman–Crippen LogP) is 2.85. The number of halogens is 2. The Balaban J connectivity index is 1.46. The van der Waals surface area contributed by atoms with Crippen LogP contribution in [0, 0.1) is 0 Å². The first-order valence-corrected chi connectivity index (χ1v) is 10.4. The maximum Gasteiger partial charge on any atom is 0.270 e. The fraction of sp³-hybridized carbons (Fsp3) is 0.318. The number of amides is 1. The monoisotopic (exact) mass is 456 g/mol. The van der Waals surface area contributed by atoms with Crippen molar-refractivity contribution in [1.82, 2.24) is 30.6 Å². The molecule has 1 amide bonds. The fourth-order valence-electron chi connectivity index (χ4n) is 3.24. The van der Waals surface area contributed by atoms with Gasteiger partial charge in [0.25, 0.3) is 17.7 Å². The standard InChI is InChI=1S/C22H22F2N6O3/c1-2-32-17-4-3-6-27-21(17)33-16-8-14(9-26-12-16)19-28-10-15(11-29-19)20(31)30-18-13-25-7-5-22(18,23)24/h3-4,6,8-12,18,25H,2,5,7,13H2,1H3,(H,30,31)/t18-/m1/s1. The summed E-state index contributed by atoms with van der Waals surface area (Å²) in [6.45, 7) is 2.53. The van der Waals surface area contributed by atoms with Gasteiger partial charge in [-0.25, -0.2) is 23.7 Å². The minimum absolute atomic E-state index is 0.00256. The number of ether oxygens (including phenoxy) is 2. The quantitative estimate of drug-likeness (QED) is 0.558. The van der Waals surface area contributed by atoms with Gasteiger partial charge < -0.3 is 20.1 Å². The number of alkyl halides is 2. The molecule has 3 aromatic heterocycles. The SMILES string of the molecule is CCOc1cccnc1Oc1cncc(-c2ncc(C(=O)N[C@@H]3CNCCC3(F)F)cn2)c1. The molecule has 0 unspecified atom stereocenters. The van der Waals surface area contributed by atoms with Gasteiger partial charge in [0, 0.05) is 49.9 Å². The lowest BCUT2D eigenvalue weighted by molar-refractivity contribution is -0.0542. The van der Waals surface area contributed by atoms with Crippen LogP contribution < -0.4 is 20.1 Å². The van der Waals surface area contributed by atoms with Gasteiger partial charge in [-0.3, -0.25) is 9.78 Å². The summed E-state index contributed by atoms with van der Waals surface area (Å²) in [7, 11) is 0. The molecule has 4 rings (SSSR count). The Morgan fingerprint density at radius 3 is 2.82 bits per heavy atom. The van der Waals surface area contributed by atoms with E-state index in [9.17, 15) is 13.6 Å². The Kier molecular flexibility index (Phi) is 6.68. The number of aromatic nitrogens is 4. The van der Waals surface area contributed by atoms with Crippen LogP contribution in [0.2, 0.25) is 0 Å². The Morgan fingerprint density at radius 2 is 2.06 bits per heavy atom. The van der Waals surface area contributed by atoms with Crippen LogP contribution in [0.1, 0.15) is 23.7 Å². The highest BCUT2D eigenvalue weighted by atomic mass is 19.3. The average molecular weight is 456 g/mol. The Morgan fingerprint density at radius 1 is 1.24 bits per heavy atom. The van der Waals surface area contributed by atoms with Crippen LogP contribution in [-0.2, 0) is 0 Å². The molecule has 172 valence electrons. The zero-order valence-corrected chi connectivity index (χ0v) is 17.8. The van der Waals surface area contributed by atoms with E-state index in [4.69, 9.17) is 9.47 Å². The van der Waals surface area contributed by atoms with Crippen LogP contribution in [0.5, 0.6) is 17.4 Å². The molecule has 1 atom stereocenters. The molecule has 9 nitrogen and oxygen atoms in total. The smallest absolute Gasteiger partial charge is 0.270 e. The van der Waals surface area contributed by atoms with Gasteiger partial charge >= 0.3 is 0 Å². The molecule has 0 aliphatic carbocycles. The summed E-state index contributed by atoms with van der Waals surface area (Å²) in [5.74, 6) is -2.16. The van der Waals surface area contributed by atoms with Crippen molar-refractivity contribution in [2.75, 3.05) is 19.7 Å². The number of hydrogen-bond acceptors (Lipinski definition) is 8. The van der Waals surface area contributed by atoms with Crippen molar-refractivity contribution < 1.29 is 23.0 Å². The topological polar surface area (TPSA) is 111 Å². The highest BCUT2D eigenvalue weighted by Gasteiger charge is 2.42.